The van der Waals surface area contributed by atoms with Gasteiger partial charge in [0.15, 0.2) is 0 Å². The Bertz CT molecular complexity index is 749. The first-order valence-electron chi connectivity index (χ1n) is 8.63. The van der Waals surface area contributed by atoms with E-state index in [9.17, 15) is 18.0 Å². The zero-order valence-corrected chi connectivity index (χ0v) is 16.4. The molecule has 1 aliphatic heterocycles. The lowest BCUT2D eigenvalue weighted by Crippen LogP contribution is -2.62. The van der Waals surface area contributed by atoms with Crippen molar-refractivity contribution in [2.45, 2.75) is 24.8 Å². The van der Waals surface area contributed by atoms with Crippen molar-refractivity contribution in [3.8, 4) is 0 Å². The largest absolute Gasteiger partial charge is 0.370 e. The van der Waals surface area contributed by atoms with Gasteiger partial charge in [0.05, 0.1) is 12.3 Å². The average Bonchev–Trinajstić information content (AvgIpc) is 2.59. The third-order valence-corrected chi connectivity index (χ3v) is 5.45. The zero-order valence-electron chi connectivity index (χ0n) is 15.6. The monoisotopic (exact) mass is 381 g/mol. The van der Waals surface area contributed by atoms with Crippen LogP contribution in [0, 0.1) is 0 Å². The normalized spacial score (nSPS) is 20.5. The molecule has 1 aromatic rings. The highest BCUT2D eigenvalue weighted by atomic mass is 32.2. The Balaban J connectivity index is 2.21. The van der Waals surface area contributed by atoms with Crippen molar-refractivity contribution in [3.63, 3.8) is 0 Å². The van der Waals surface area contributed by atoms with Gasteiger partial charge in [0.1, 0.15) is 15.4 Å². The summed E-state index contributed by atoms with van der Waals surface area (Å²) in [4.78, 5) is 28.6. The van der Waals surface area contributed by atoms with Crippen LogP contribution in [-0.4, -0.2) is 74.8 Å². The Morgan fingerprint density at radius 3 is 2.46 bits per heavy atom. The predicted octanol–water partition coefficient (Wildman–Crippen LogP) is 0.983. The van der Waals surface area contributed by atoms with E-state index in [0.29, 0.717) is 19.4 Å². The van der Waals surface area contributed by atoms with E-state index in [2.05, 4.69) is 5.32 Å². The number of para-hydroxylation sites is 1. The molecule has 0 aromatic heterocycles. The molecule has 0 spiro atoms. The second kappa shape index (κ2) is 8.07. The van der Waals surface area contributed by atoms with E-state index in [4.69, 9.17) is 0 Å². The molecule has 2 amide bonds. The van der Waals surface area contributed by atoms with Gasteiger partial charge in [0.25, 0.3) is 0 Å². The molecule has 1 heterocycles. The number of carbonyl (C=O) groups excluding carboxylic acids is 2. The molecule has 1 unspecified atom stereocenters. The number of amides is 2. The Hall–Kier alpha value is -2.09. The minimum absolute atomic E-state index is 0.0591. The van der Waals surface area contributed by atoms with E-state index in [1.165, 1.54) is 4.90 Å². The smallest absolute Gasteiger partial charge is 0.249 e. The number of nitrogens with one attached hydrogen (secondary N) is 1. The van der Waals surface area contributed by atoms with Crippen LogP contribution in [0.5, 0.6) is 0 Å². The maximum absolute atomic E-state index is 12.9. The van der Waals surface area contributed by atoms with Crippen molar-refractivity contribution < 1.29 is 18.0 Å². The number of sulfone groups is 1. The first-order valence-corrected chi connectivity index (χ1v) is 10.7. The fourth-order valence-electron chi connectivity index (χ4n) is 3.26. The van der Waals surface area contributed by atoms with Crippen molar-refractivity contribution in [3.05, 3.63) is 30.3 Å². The van der Waals surface area contributed by atoms with E-state index < -0.39 is 15.4 Å². The number of likely N-dealkylation sites (N-methyl/N-ethyl adjacent to an activating group) is 1. The minimum Gasteiger partial charge on any atom is -0.370 e. The highest BCUT2D eigenvalue weighted by molar-refractivity contribution is 7.90. The number of nitrogens with zero attached hydrogens (tertiary/aromatic N) is 2. The maximum atomic E-state index is 12.9. The molecule has 1 N–H and O–H groups in total. The Labute approximate surface area is 155 Å². The second-order valence-electron chi connectivity index (χ2n) is 7.07. The number of hydrogen-bond acceptors (Lipinski definition) is 5. The van der Waals surface area contributed by atoms with Crippen LogP contribution in [0.4, 0.5) is 5.69 Å². The van der Waals surface area contributed by atoms with Crippen molar-refractivity contribution in [2.75, 3.05) is 44.5 Å². The zero-order chi connectivity index (χ0) is 19.4. The van der Waals surface area contributed by atoms with Crippen molar-refractivity contribution >= 4 is 27.3 Å². The van der Waals surface area contributed by atoms with Gasteiger partial charge in [0.2, 0.25) is 11.8 Å². The molecule has 1 fully saturated rings. The van der Waals surface area contributed by atoms with Crippen molar-refractivity contribution in [2.24, 2.45) is 0 Å². The number of hydrogen-bond donors (Lipinski definition) is 1. The number of anilines is 1. The minimum atomic E-state index is -3.20. The van der Waals surface area contributed by atoms with Gasteiger partial charge in [-0.3, -0.25) is 9.59 Å². The molecule has 26 heavy (non-hydrogen) atoms. The molecule has 0 radical (unpaired) electrons. The third kappa shape index (κ3) is 5.20. The second-order valence-corrected chi connectivity index (χ2v) is 9.33. The van der Waals surface area contributed by atoms with Crippen LogP contribution in [0.15, 0.2) is 30.3 Å². The van der Waals surface area contributed by atoms with Gasteiger partial charge >= 0.3 is 0 Å². The van der Waals surface area contributed by atoms with E-state index in [1.807, 2.05) is 30.3 Å². The molecule has 2 rings (SSSR count). The number of rotatable bonds is 6. The summed E-state index contributed by atoms with van der Waals surface area (Å²) >= 11 is 0. The summed E-state index contributed by atoms with van der Waals surface area (Å²) in [6.07, 6.45) is 2.34. The van der Waals surface area contributed by atoms with Gasteiger partial charge in [0, 0.05) is 39.0 Å². The lowest BCUT2D eigenvalue weighted by atomic mass is 9.86. The van der Waals surface area contributed by atoms with Crippen LogP contribution in [0.1, 0.15) is 19.3 Å². The molecule has 1 atom stereocenters. The summed E-state index contributed by atoms with van der Waals surface area (Å²) in [7, 11) is 0.188. The topological polar surface area (TPSA) is 86.8 Å². The first kappa shape index (κ1) is 20.2. The van der Waals surface area contributed by atoms with Gasteiger partial charge in [-0.25, -0.2) is 8.42 Å². The molecule has 1 aliphatic rings. The first-order chi connectivity index (χ1) is 12.1. The molecule has 1 aromatic carbocycles. The van der Waals surface area contributed by atoms with Gasteiger partial charge in [-0.05, 0) is 25.0 Å². The van der Waals surface area contributed by atoms with Gasteiger partial charge in [-0.2, -0.15) is 0 Å². The molecule has 1 saturated heterocycles. The molecular weight excluding hydrogens is 354 g/mol. The van der Waals surface area contributed by atoms with E-state index in [0.717, 1.165) is 11.9 Å². The lowest BCUT2D eigenvalue weighted by molar-refractivity contribution is -0.139. The standard InChI is InChI=1S/C18H27N3O4S/c1-20(2)17(23)18(19-15-8-5-4-6-9-15)11-7-12-21(14-18)16(22)10-13-26(3,24)25/h4-6,8-9,19H,7,10-14H2,1-3H3. The van der Waals surface area contributed by atoms with Gasteiger partial charge in [-0.1, -0.05) is 18.2 Å². The van der Waals surface area contributed by atoms with E-state index >= 15 is 0 Å². The Morgan fingerprint density at radius 1 is 1.23 bits per heavy atom. The molecule has 0 saturated carbocycles. The summed E-state index contributed by atoms with van der Waals surface area (Å²) in [5, 5.41) is 3.33. The molecule has 144 valence electrons. The van der Waals surface area contributed by atoms with Crippen molar-refractivity contribution in [1.82, 2.24) is 9.80 Å². The van der Waals surface area contributed by atoms with Crippen LogP contribution in [-0.2, 0) is 19.4 Å². The molecule has 0 bridgehead atoms. The number of carbonyl (C=O) groups is 2. The molecular formula is C18H27N3O4S. The van der Waals surface area contributed by atoms with E-state index in [-0.39, 0.29) is 30.5 Å². The summed E-state index contributed by atoms with van der Waals surface area (Å²) < 4.78 is 22.7. The molecule has 0 aliphatic carbocycles. The number of piperidine rings is 1. The average molecular weight is 381 g/mol. The fraction of sp³-hybridized carbons (Fsp3) is 0.556. The lowest BCUT2D eigenvalue weighted by Gasteiger charge is -2.44. The van der Waals surface area contributed by atoms with Crippen molar-refractivity contribution in [1.29, 1.82) is 0 Å². The maximum Gasteiger partial charge on any atom is 0.249 e. The molecule has 8 heteroatoms. The predicted molar refractivity (Wildman–Crippen MR) is 102 cm³/mol. The summed E-state index contributed by atoms with van der Waals surface area (Å²) in [6, 6.07) is 9.43. The quantitative estimate of drug-likeness (QED) is 0.794. The fourth-order valence-corrected chi connectivity index (χ4v) is 3.80. The van der Waals surface area contributed by atoms with Gasteiger partial charge in [-0.15, -0.1) is 0 Å². The van der Waals surface area contributed by atoms with Crippen LogP contribution in [0.3, 0.4) is 0 Å². The van der Waals surface area contributed by atoms with E-state index in [1.54, 1.807) is 19.0 Å². The van der Waals surface area contributed by atoms with Crippen LogP contribution in [0.25, 0.3) is 0 Å². The number of likely N-dealkylation sites (tertiary alicyclic amines) is 1. The highest BCUT2D eigenvalue weighted by Gasteiger charge is 2.44. The van der Waals surface area contributed by atoms with Crippen LogP contribution in [0.2, 0.25) is 0 Å². The Kier molecular flexibility index (Phi) is 6.28. The summed E-state index contributed by atoms with van der Waals surface area (Å²) in [5.74, 6) is -0.508. The van der Waals surface area contributed by atoms with Gasteiger partial charge < -0.3 is 15.1 Å². The molecule has 7 nitrogen and oxygen atoms in total. The summed E-state index contributed by atoms with van der Waals surface area (Å²) in [5.41, 5.74) is -0.0998. The van der Waals surface area contributed by atoms with Crippen LogP contribution >= 0.6 is 0 Å². The van der Waals surface area contributed by atoms with Crippen LogP contribution < -0.4 is 5.32 Å². The number of benzene rings is 1. The summed E-state index contributed by atoms with van der Waals surface area (Å²) in [6.45, 7) is 0.753. The highest BCUT2D eigenvalue weighted by Crippen LogP contribution is 2.28. The Morgan fingerprint density at radius 2 is 1.88 bits per heavy atom. The SMILES string of the molecule is CN(C)C(=O)C1(Nc2ccccc2)CCCN(C(=O)CCS(C)(=O)=O)C1. The third-order valence-electron chi connectivity index (χ3n) is 4.50.